The number of rotatable bonds is 5. The highest BCUT2D eigenvalue weighted by molar-refractivity contribution is 5.80. The minimum Gasteiger partial charge on any atom is -0.497 e. The zero-order valence-electron chi connectivity index (χ0n) is 11.1. The highest BCUT2D eigenvalue weighted by Crippen LogP contribution is 2.25. The number of benzene rings is 1. The molecule has 1 atom stereocenters. The van der Waals surface area contributed by atoms with E-state index in [-0.39, 0.29) is 5.91 Å². The number of hydrogen-bond donors (Lipinski definition) is 1. The van der Waals surface area contributed by atoms with Crippen molar-refractivity contribution >= 4 is 5.91 Å². The lowest BCUT2D eigenvalue weighted by molar-refractivity contribution is -0.138. The van der Waals surface area contributed by atoms with Crippen LogP contribution in [0.4, 0.5) is 0 Å². The van der Waals surface area contributed by atoms with E-state index in [1.807, 2.05) is 6.07 Å². The minimum absolute atomic E-state index is 0.333. The number of carbonyl (C=O) groups excluding carboxylic acids is 1. The van der Waals surface area contributed by atoms with E-state index < -0.39 is 6.10 Å². The van der Waals surface area contributed by atoms with Crippen LogP contribution < -0.4 is 9.47 Å². The van der Waals surface area contributed by atoms with Gasteiger partial charge in [-0.1, -0.05) is 0 Å². The molecule has 1 N–H and O–H groups in total. The van der Waals surface area contributed by atoms with Crippen molar-refractivity contribution in [3.63, 3.8) is 0 Å². The van der Waals surface area contributed by atoms with E-state index >= 15 is 0 Å². The second-order valence-electron chi connectivity index (χ2n) is 4.05. The summed E-state index contributed by atoms with van der Waals surface area (Å²) >= 11 is 0. The lowest BCUT2D eigenvalue weighted by Gasteiger charge is -2.20. The number of amides is 1. The van der Waals surface area contributed by atoms with Gasteiger partial charge in [-0.15, -0.1) is 0 Å². The molecule has 0 fully saturated rings. The molecule has 0 aliphatic rings. The van der Waals surface area contributed by atoms with Crippen molar-refractivity contribution in [2.24, 2.45) is 0 Å². The highest BCUT2D eigenvalue weighted by atomic mass is 16.5. The number of nitrogens with zero attached hydrogens (tertiary/aromatic N) is 1. The van der Waals surface area contributed by atoms with Gasteiger partial charge in [-0.05, 0) is 25.1 Å². The molecule has 0 saturated carbocycles. The van der Waals surface area contributed by atoms with Gasteiger partial charge >= 0.3 is 0 Å². The molecule has 1 aromatic rings. The SMILES string of the molecule is COc1ccc(OC)c(CN(C)C(=O)C(C)O)c1. The van der Waals surface area contributed by atoms with Crippen molar-refractivity contribution in [2.75, 3.05) is 21.3 Å². The first kappa shape index (κ1) is 14.3. The lowest BCUT2D eigenvalue weighted by atomic mass is 10.1. The van der Waals surface area contributed by atoms with Crippen molar-refractivity contribution in [3.05, 3.63) is 23.8 Å². The second kappa shape index (κ2) is 6.26. The van der Waals surface area contributed by atoms with E-state index in [2.05, 4.69) is 0 Å². The van der Waals surface area contributed by atoms with Crippen LogP contribution in [0.25, 0.3) is 0 Å². The maximum absolute atomic E-state index is 11.6. The lowest BCUT2D eigenvalue weighted by Crippen LogP contribution is -2.34. The first-order valence-corrected chi connectivity index (χ1v) is 5.63. The Labute approximate surface area is 107 Å². The molecule has 5 heteroatoms. The van der Waals surface area contributed by atoms with Gasteiger partial charge in [-0.2, -0.15) is 0 Å². The predicted octanol–water partition coefficient (Wildman–Crippen LogP) is 1.04. The van der Waals surface area contributed by atoms with E-state index in [1.165, 1.54) is 11.8 Å². The van der Waals surface area contributed by atoms with Crippen molar-refractivity contribution in [3.8, 4) is 11.5 Å². The van der Waals surface area contributed by atoms with Crippen LogP contribution in [0.15, 0.2) is 18.2 Å². The van der Waals surface area contributed by atoms with E-state index in [0.717, 1.165) is 5.56 Å². The van der Waals surface area contributed by atoms with Crippen LogP contribution in [0.5, 0.6) is 11.5 Å². The van der Waals surface area contributed by atoms with Gasteiger partial charge in [-0.3, -0.25) is 4.79 Å². The fourth-order valence-corrected chi connectivity index (χ4v) is 1.66. The molecule has 0 saturated heterocycles. The molecule has 18 heavy (non-hydrogen) atoms. The number of ether oxygens (including phenoxy) is 2. The van der Waals surface area contributed by atoms with E-state index in [9.17, 15) is 9.90 Å². The van der Waals surface area contributed by atoms with E-state index in [4.69, 9.17) is 9.47 Å². The van der Waals surface area contributed by atoms with Crippen LogP contribution in [0.3, 0.4) is 0 Å². The maximum atomic E-state index is 11.6. The summed E-state index contributed by atoms with van der Waals surface area (Å²) in [5, 5.41) is 9.25. The van der Waals surface area contributed by atoms with E-state index in [1.54, 1.807) is 33.4 Å². The van der Waals surface area contributed by atoms with Crippen LogP contribution in [0.1, 0.15) is 12.5 Å². The summed E-state index contributed by atoms with van der Waals surface area (Å²) < 4.78 is 10.4. The number of hydrogen-bond acceptors (Lipinski definition) is 4. The molecule has 1 aromatic carbocycles. The summed E-state index contributed by atoms with van der Waals surface area (Å²) in [5.74, 6) is 1.05. The molecule has 1 amide bonds. The van der Waals surface area contributed by atoms with E-state index in [0.29, 0.717) is 18.0 Å². The number of carbonyl (C=O) groups is 1. The van der Waals surface area contributed by atoms with Gasteiger partial charge in [0.2, 0.25) is 0 Å². The van der Waals surface area contributed by atoms with Crippen LogP contribution in [0.2, 0.25) is 0 Å². The number of methoxy groups -OCH3 is 2. The Hall–Kier alpha value is -1.75. The molecule has 1 rings (SSSR count). The Morgan fingerprint density at radius 3 is 2.56 bits per heavy atom. The quantitative estimate of drug-likeness (QED) is 0.852. The smallest absolute Gasteiger partial charge is 0.251 e. The normalized spacial score (nSPS) is 11.8. The molecule has 0 aliphatic carbocycles. The number of aliphatic hydroxyl groups excluding tert-OH is 1. The molecule has 0 spiro atoms. The molecule has 0 heterocycles. The maximum Gasteiger partial charge on any atom is 0.251 e. The molecule has 1 unspecified atom stereocenters. The fourth-order valence-electron chi connectivity index (χ4n) is 1.66. The minimum atomic E-state index is -1.01. The predicted molar refractivity (Wildman–Crippen MR) is 67.7 cm³/mol. The Kier molecular flexibility index (Phi) is 4.97. The molecular formula is C13H19NO4. The highest BCUT2D eigenvalue weighted by Gasteiger charge is 2.16. The third kappa shape index (κ3) is 3.37. The molecular weight excluding hydrogens is 234 g/mol. The summed E-state index contributed by atoms with van der Waals surface area (Å²) in [5.41, 5.74) is 0.827. The first-order chi connectivity index (χ1) is 8.49. The standard InChI is InChI=1S/C13H19NO4/c1-9(15)13(16)14(2)8-10-7-11(17-3)5-6-12(10)18-4/h5-7,9,15H,8H2,1-4H3. The molecule has 0 aromatic heterocycles. The van der Waals surface area contributed by atoms with Gasteiger partial charge in [0.15, 0.2) is 0 Å². The summed E-state index contributed by atoms with van der Waals surface area (Å²) in [6.07, 6.45) is -1.01. The van der Waals surface area contributed by atoms with Crippen molar-refractivity contribution in [2.45, 2.75) is 19.6 Å². The Balaban J connectivity index is 2.91. The third-order valence-electron chi connectivity index (χ3n) is 2.63. The van der Waals surface area contributed by atoms with Gasteiger partial charge in [0, 0.05) is 19.2 Å². The van der Waals surface area contributed by atoms with Crippen molar-refractivity contribution in [1.29, 1.82) is 0 Å². The summed E-state index contributed by atoms with van der Waals surface area (Å²) in [6, 6.07) is 5.39. The van der Waals surface area contributed by atoms with Gasteiger partial charge in [0.25, 0.3) is 5.91 Å². The fraction of sp³-hybridized carbons (Fsp3) is 0.462. The Morgan fingerprint density at radius 2 is 2.06 bits per heavy atom. The topological polar surface area (TPSA) is 59.0 Å². The monoisotopic (exact) mass is 253 g/mol. The van der Waals surface area contributed by atoms with Gasteiger partial charge in [0.1, 0.15) is 17.6 Å². The molecule has 100 valence electrons. The van der Waals surface area contributed by atoms with Crippen LogP contribution >= 0.6 is 0 Å². The Morgan fingerprint density at radius 1 is 1.39 bits per heavy atom. The first-order valence-electron chi connectivity index (χ1n) is 5.63. The van der Waals surface area contributed by atoms with Crippen LogP contribution in [-0.4, -0.2) is 43.3 Å². The Bertz CT molecular complexity index is 417. The number of likely N-dealkylation sites (N-methyl/N-ethyl adjacent to an activating group) is 1. The molecule has 0 radical (unpaired) electrons. The molecule has 0 bridgehead atoms. The van der Waals surface area contributed by atoms with Gasteiger partial charge < -0.3 is 19.5 Å². The number of aliphatic hydroxyl groups is 1. The summed E-state index contributed by atoms with van der Waals surface area (Å²) in [4.78, 5) is 13.1. The second-order valence-corrected chi connectivity index (χ2v) is 4.05. The van der Waals surface area contributed by atoms with Crippen molar-refractivity contribution < 1.29 is 19.4 Å². The van der Waals surface area contributed by atoms with Crippen LogP contribution in [-0.2, 0) is 11.3 Å². The zero-order valence-corrected chi connectivity index (χ0v) is 11.1. The van der Waals surface area contributed by atoms with Gasteiger partial charge in [-0.25, -0.2) is 0 Å². The zero-order chi connectivity index (χ0) is 13.7. The van der Waals surface area contributed by atoms with Crippen molar-refractivity contribution in [1.82, 2.24) is 4.90 Å². The largest absolute Gasteiger partial charge is 0.497 e. The third-order valence-corrected chi connectivity index (χ3v) is 2.63. The average molecular weight is 253 g/mol. The van der Waals surface area contributed by atoms with Gasteiger partial charge in [0.05, 0.1) is 14.2 Å². The molecule has 0 aliphatic heterocycles. The average Bonchev–Trinajstić information content (AvgIpc) is 2.37. The molecule has 5 nitrogen and oxygen atoms in total. The summed E-state index contributed by atoms with van der Waals surface area (Å²) in [7, 11) is 4.78. The van der Waals surface area contributed by atoms with Crippen LogP contribution in [0, 0.1) is 0 Å². The summed E-state index contributed by atoms with van der Waals surface area (Å²) in [6.45, 7) is 1.80.